The van der Waals surface area contributed by atoms with Gasteiger partial charge in [0.25, 0.3) is 15.9 Å². The Balaban J connectivity index is 1.54. The number of rotatable bonds is 10. The lowest BCUT2D eigenvalue weighted by Crippen LogP contribution is -3.09. The normalized spacial score (nSPS) is 17.7. The van der Waals surface area contributed by atoms with Crippen molar-refractivity contribution >= 4 is 33.2 Å². The fraction of sp³-hybridized carbons (Fsp3) is 0.367. The van der Waals surface area contributed by atoms with Gasteiger partial charge in [-0.1, -0.05) is 37.3 Å². The predicted molar refractivity (Wildman–Crippen MR) is 159 cm³/mol. The van der Waals surface area contributed by atoms with Crippen molar-refractivity contribution in [3.63, 3.8) is 0 Å². The second-order valence-corrected chi connectivity index (χ2v) is 13.4. The van der Waals surface area contributed by atoms with E-state index in [9.17, 15) is 13.2 Å². The summed E-state index contributed by atoms with van der Waals surface area (Å²) in [4.78, 5) is 15.7. The van der Waals surface area contributed by atoms with Crippen LogP contribution in [0.25, 0.3) is 11.5 Å². The summed E-state index contributed by atoms with van der Waals surface area (Å²) in [5.74, 6) is 0.726. The Hall–Kier alpha value is -3.51. The van der Waals surface area contributed by atoms with Gasteiger partial charge in [0.05, 0.1) is 24.4 Å². The number of nitrogens with two attached hydrogens (primary N) is 1. The maximum Gasteiger partial charge on any atom is 0.297 e. The summed E-state index contributed by atoms with van der Waals surface area (Å²) in [6, 6.07) is 17.9. The zero-order valence-electron chi connectivity index (χ0n) is 23.8. The molecule has 42 heavy (non-hydrogen) atoms. The fourth-order valence-electron chi connectivity index (χ4n) is 5.45. The lowest BCUT2D eigenvalue weighted by molar-refractivity contribution is -0.690. The Bertz CT molecular complexity index is 1670. The number of nitrogens with one attached hydrogen (secondary N) is 1. The van der Waals surface area contributed by atoms with Gasteiger partial charge in [-0.3, -0.25) is 4.79 Å². The van der Waals surface area contributed by atoms with Crippen molar-refractivity contribution in [1.29, 1.82) is 0 Å². The molecule has 4 aromatic rings. The molecule has 2 unspecified atom stereocenters. The topological polar surface area (TPSA) is 137 Å². The van der Waals surface area contributed by atoms with Crippen LogP contribution < -0.4 is 10.0 Å². The molecule has 1 aliphatic rings. The van der Waals surface area contributed by atoms with Gasteiger partial charge >= 0.3 is 0 Å². The number of sulfonamides is 1. The highest BCUT2D eigenvalue weighted by atomic mass is 35.5. The van der Waals surface area contributed by atoms with Crippen molar-refractivity contribution in [2.45, 2.75) is 51.1 Å². The molecular formula is C30H35ClN5O5S+. The first-order valence-corrected chi connectivity index (χ1v) is 16.2. The number of hydrogen-bond donors (Lipinski definition) is 2. The van der Waals surface area contributed by atoms with Gasteiger partial charge in [0, 0.05) is 29.8 Å². The molecule has 0 aliphatic carbocycles. The van der Waals surface area contributed by atoms with Crippen LogP contribution in [0.2, 0.25) is 5.22 Å². The van der Waals surface area contributed by atoms with Crippen LogP contribution in [0.5, 0.6) is 0 Å². The van der Waals surface area contributed by atoms with E-state index in [0.29, 0.717) is 48.5 Å². The van der Waals surface area contributed by atoms with E-state index >= 15 is 0 Å². The molecule has 222 valence electrons. The van der Waals surface area contributed by atoms with Crippen LogP contribution >= 0.6 is 11.6 Å². The number of halogens is 1. The van der Waals surface area contributed by atoms with E-state index in [1.54, 1.807) is 35.2 Å². The second kappa shape index (κ2) is 12.0. The summed E-state index contributed by atoms with van der Waals surface area (Å²) < 4.78 is 37.6. The number of aromatic nitrogens is 2. The van der Waals surface area contributed by atoms with Gasteiger partial charge < -0.3 is 19.5 Å². The van der Waals surface area contributed by atoms with E-state index in [1.807, 2.05) is 44.2 Å². The molecule has 2 aromatic heterocycles. The fourth-order valence-corrected chi connectivity index (χ4v) is 6.72. The number of nitrogens with zero attached hydrogens (tertiary/aromatic N) is 3. The Morgan fingerprint density at radius 1 is 1.14 bits per heavy atom. The zero-order chi connectivity index (χ0) is 30.1. The van der Waals surface area contributed by atoms with E-state index in [2.05, 4.69) is 10.2 Å². The standard InChI is InChI=1S/C30H34ClN5O5S/c1-4-14-36(42(3,38)39)23-17-21(27-33-34-29(41-27)30(2,32)19-20-9-6-5-7-10-20)16-22(18-23)28(37)35-15-8-11-24(35)25-12-13-26(31)40-25/h5-7,9-10,12-13,16-18,24H,4,8,11,14-15,19,32H2,1-3H3/p+1/t24?,30-/m1/s1. The third kappa shape index (κ3) is 6.44. The molecule has 1 aliphatic heterocycles. The van der Waals surface area contributed by atoms with Crippen molar-refractivity contribution in [2.24, 2.45) is 5.73 Å². The quantitative estimate of drug-likeness (QED) is 0.271. The molecule has 1 saturated heterocycles. The molecule has 0 spiro atoms. The number of quaternary nitrogens is 1. The number of hydrogen-bond acceptors (Lipinski definition) is 8. The average Bonchev–Trinajstić information content (AvgIpc) is 3.72. The second-order valence-electron chi connectivity index (χ2n) is 11.0. The lowest BCUT2D eigenvalue weighted by atomic mass is 9.94. The van der Waals surface area contributed by atoms with Crippen molar-refractivity contribution in [3.8, 4) is 11.5 Å². The van der Waals surface area contributed by atoms with E-state index in [0.717, 1.165) is 18.4 Å². The van der Waals surface area contributed by atoms with Crippen LogP contribution in [-0.4, -0.2) is 48.8 Å². The van der Waals surface area contributed by atoms with Gasteiger partial charge in [0.2, 0.25) is 11.8 Å². The molecule has 0 radical (unpaired) electrons. The molecule has 0 saturated carbocycles. The summed E-state index contributed by atoms with van der Waals surface area (Å²) in [6.07, 6.45) is 3.77. The molecule has 12 heteroatoms. The maximum absolute atomic E-state index is 14.0. The van der Waals surface area contributed by atoms with Gasteiger partial charge in [-0.15, -0.1) is 10.2 Å². The summed E-state index contributed by atoms with van der Waals surface area (Å²) >= 11 is 6.02. The van der Waals surface area contributed by atoms with Crippen LogP contribution in [0.4, 0.5) is 5.69 Å². The van der Waals surface area contributed by atoms with E-state index < -0.39 is 15.6 Å². The highest BCUT2D eigenvalue weighted by molar-refractivity contribution is 7.84. The smallest absolute Gasteiger partial charge is 0.297 e. The molecular weight excluding hydrogens is 578 g/mol. The minimum atomic E-state index is -3.57. The lowest BCUT2D eigenvalue weighted by Gasteiger charge is -2.24. The molecule has 3 atom stereocenters. The van der Waals surface area contributed by atoms with Crippen molar-refractivity contribution < 1.29 is 26.4 Å². The molecule has 1 fully saturated rings. The molecule has 1 amide bonds. The summed E-state index contributed by atoms with van der Waals surface area (Å²) in [5.41, 5.74) is 7.82. The van der Waals surface area contributed by atoms with Gasteiger partial charge in [-0.25, -0.2) is 0 Å². The Kier molecular flexibility index (Phi) is 8.56. The first-order valence-electron chi connectivity index (χ1n) is 13.9. The van der Waals surface area contributed by atoms with Gasteiger partial charge in [-0.05, 0) is 68.0 Å². The summed E-state index contributed by atoms with van der Waals surface area (Å²) in [7, 11) is -3.57. The van der Waals surface area contributed by atoms with Gasteiger partial charge in [0.15, 0.2) is 5.22 Å². The van der Waals surface area contributed by atoms with Crippen LogP contribution in [0.1, 0.15) is 66.7 Å². The maximum atomic E-state index is 14.0. The van der Waals surface area contributed by atoms with Crippen molar-refractivity contribution in [1.82, 2.24) is 15.1 Å². The highest BCUT2D eigenvalue weighted by Gasteiger charge is 2.35. The minimum Gasteiger partial charge on any atom is -0.448 e. The minimum absolute atomic E-state index is 0.144. The number of likely N-dealkylation sites (tertiary alicyclic amines) is 1. The monoisotopic (exact) mass is 612 g/mol. The van der Waals surface area contributed by atoms with Crippen molar-refractivity contribution in [2.75, 3.05) is 19.3 Å². The largest absolute Gasteiger partial charge is 0.448 e. The van der Waals surface area contributed by atoms with E-state index in [-0.39, 0.29) is 33.3 Å². The average molecular weight is 613 g/mol. The number of carbonyl (C=O) groups is 1. The van der Waals surface area contributed by atoms with Crippen LogP contribution in [0, 0.1) is 0 Å². The SMILES string of the molecule is CCC[NH+](c1cc(C(=O)N2CCCC2c2ccc(Cl)o2)cc(-c2nnc([C@](C)(N)Cc3ccccc3)o2)c1)S(C)(=O)=O. The number of amides is 1. The van der Waals surface area contributed by atoms with E-state index in [4.69, 9.17) is 26.2 Å². The Morgan fingerprint density at radius 3 is 2.57 bits per heavy atom. The molecule has 0 bridgehead atoms. The van der Waals surface area contributed by atoms with Crippen molar-refractivity contribution in [3.05, 3.63) is 88.7 Å². The van der Waals surface area contributed by atoms with Crippen LogP contribution in [0.15, 0.2) is 69.5 Å². The Labute approximate surface area is 250 Å². The van der Waals surface area contributed by atoms with Gasteiger partial charge in [-0.2, -0.15) is 12.7 Å². The third-order valence-corrected chi connectivity index (χ3v) is 8.98. The molecule has 3 N–H and O–H groups in total. The molecule has 2 aromatic carbocycles. The first-order chi connectivity index (χ1) is 20.0. The summed E-state index contributed by atoms with van der Waals surface area (Å²) in [5, 5.41) is 8.75. The summed E-state index contributed by atoms with van der Waals surface area (Å²) in [6.45, 7) is 4.56. The van der Waals surface area contributed by atoms with Gasteiger partial charge in [0.1, 0.15) is 11.4 Å². The predicted octanol–water partition coefficient (Wildman–Crippen LogP) is 4.26. The van der Waals surface area contributed by atoms with Crippen LogP contribution in [0.3, 0.4) is 0 Å². The molecule has 3 heterocycles. The number of benzene rings is 2. The third-order valence-electron chi connectivity index (χ3n) is 7.44. The zero-order valence-corrected chi connectivity index (χ0v) is 25.4. The highest BCUT2D eigenvalue weighted by Crippen LogP contribution is 2.36. The number of carbonyl (C=O) groups excluding carboxylic acids is 1. The molecule has 10 nitrogen and oxygen atoms in total. The number of furan rings is 1. The van der Waals surface area contributed by atoms with Crippen LogP contribution in [-0.2, 0) is 22.0 Å². The van der Waals surface area contributed by atoms with E-state index in [1.165, 1.54) is 6.26 Å². The Morgan fingerprint density at radius 2 is 1.90 bits per heavy atom. The molecule has 5 rings (SSSR count). The first kappa shape index (κ1) is 30.0.